The van der Waals surface area contributed by atoms with Crippen LogP contribution in [0.2, 0.25) is 0 Å². The van der Waals surface area contributed by atoms with Crippen molar-refractivity contribution in [1.82, 2.24) is 0 Å². The Kier molecular flexibility index (Phi) is 6.93. The number of benzene rings is 1. The van der Waals surface area contributed by atoms with E-state index in [-0.39, 0.29) is 0 Å². The molecule has 0 aliphatic carbocycles. The van der Waals surface area contributed by atoms with E-state index in [0.29, 0.717) is 17.5 Å². The maximum Gasteiger partial charge on any atom is 0.416 e. The maximum absolute atomic E-state index is 12.6. The van der Waals surface area contributed by atoms with E-state index >= 15 is 0 Å². The molecule has 0 aromatic heterocycles. The van der Waals surface area contributed by atoms with Gasteiger partial charge in [-0.15, -0.1) is 0 Å². The average molecular weight is 246 g/mol. The summed E-state index contributed by atoms with van der Waals surface area (Å²) < 4.78 is 37.7. The maximum atomic E-state index is 12.6. The minimum absolute atomic E-state index is 0.394. The fraction of sp³-hybridized carbons (Fsp3) is 0.571. The Morgan fingerprint density at radius 3 is 2.00 bits per heavy atom. The Balaban J connectivity index is 0.000000770. The van der Waals surface area contributed by atoms with Gasteiger partial charge in [0.25, 0.3) is 0 Å². The first-order valence-corrected chi connectivity index (χ1v) is 6.03. The van der Waals surface area contributed by atoms with Gasteiger partial charge in [-0.05, 0) is 25.0 Å². The molecule has 3 heteroatoms. The molecule has 1 aromatic rings. The lowest BCUT2D eigenvalue weighted by molar-refractivity contribution is -0.138. The third-order valence-corrected chi connectivity index (χ3v) is 2.09. The average Bonchev–Trinajstić information content (AvgIpc) is 2.21. The molecule has 0 saturated heterocycles. The van der Waals surface area contributed by atoms with E-state index in [9.17, 15) is 13.2 Å². The molecule has 0 atom stereocenters. The van der Waals surface area contributed by atoms with Gasteiger partial charge in [0, 0.05) is 0 Å². The van der Waals surface area contributed by atoms with Crippen molar-refractivity contribution in [2.75, 3.05) is 0 Å². The largest absolute Gasteiger partial charge is 0.416 e. The zero-order valence-electron chi connectivity index (χ0n) is 11.0. The Morgan fingerprint density at radius 1 is 1.06 bits per heavy atom. The summed E-state index contributed by atoms with van der Waals surface area (Å²) in [6, 6.07) is 4.51. The molecule has 17 heavy (non-hydrogen) atoms. The molecule has 0 saturated carbocycles. The molecule has 1 aromatic carbocycles. The predicted octanol–water partition coefficient (Wildman–Crippen LogP) is 5.38. The van der Waals surface area contributed by atoms with Crippen LogP contribution in [0.3, 0.4) is 0 Å². The van der Waals surface area contributed by atoms with Crippen LogP contribution in [0.4, 0.5) is 13.2 Å². The summed E-state index contributed by atoms with van der Waals surface area (Å²) in [6.07, 6.45) is -1.77. The first kappa shape index (κ1) is 16.0. The first-order chi connectivity index (χ1) is 7.86. The van der Waals surface area contributed by atoms with E-state index in [4.69, 9.17) is 0 Å². The van der Waals surface area contributed by atoms with Crippen LogP contribution in [0.5, 0.6) is 0 Å². The molecule has 0 radical (unpaired) electrons. The van der Waals surface area contributed by atoms with E-state index in [1.54, 1.807) is 19.1 Å². The Bertz CT molecular complexity index is 327. The number of hydrogen-bond acceptors (Lipinski definition) is 0. The molecule has 0 aliphatic rings. The van der Waals surface area contributed by atoms with E-state index in [1.807, 2.05) is 6.92 Å². The lowest BCUT2D eigenvalue weighted by atomic mass is 10.0. The highest BCUT2D eigenvalue weighted by molar-refractivity contribution is 5.33. The van der Waals surface area contributed by atoms with E-state index in [1.165, 1.54) is 12.5 Å². The first-order valence-electron chi connectivity index (χ1n) is 6.03. The van der Waals surface area contributed by atoms with Crippen LogP contribution in [0, 0.1) is 6.92 Å². The van der Waals surface area contributed by atoms with Crippen molar-refractivity contribution >= 4 is 0 Å². The van der Waals surface area contributed by atoms with Crippen molar-refractivity contribution in [1.29, 1.82) is 0 Å². The highest BCUT2D eigenvalue weighted by atomic mass is 19.4. The van der Waals surface area contributed by atoms with Gasteiger partial charge in [0.1, 0.15) is 0 Å². The molecule has 0 heterocycles. The molecule has 1 rings (SSSR count). The Hall–Kier alpha value is -0.990. The van der Waals surface area contributed by atoms with Crippen LogP contribution in [0.25, 0.3) is 0 Å². The summed E-state index contributed by atoms with van der Waals surface area (Å²) in [5.41, 5.74) is 0.558. The number of halogens is 3. The highest BCUT2D eigenvalue weighted by Gasteiger charge is 2.32. The van der Waals surface area contributed by atoms with Gasteiger partial charge in [-0.1, -0.05) is 51.3 Å². The van der Waals surface area contributed by atoms with Crippen LogP contribution in [-0.4, -0.2) is 0 Å². The van der Waals surface area contributed by atoms with Crippen LogP contribution in [0.1, 0.15) is 50.3 Å². The van der Waals surface area contributed by atoms with Crippen molar-refractivity contribution in [2.45, 2.75) is 53.1 Å². The van der Waals surface area contributed by atoms with Gasteiger partial charge in [-0.25, -0.2) is 0 Å². The molecular weight excluding hydrogens is 225 g/mol. The SMILES string of the molecule is CCC.CCCc1ccc(C)cc1C(F)(F)F. The second-order valence-corrected chi connectivity index (χ2v) is 4.12. The van der Waals surface area contributed by atoms with Gasteiger partial charge in [0.15, 0.2) is 0 Å². The van der Waals surface area contributed by atoms with Gasteiger partial charge < -0.3 is 0 Å². The molecule has 0 amide bonds. The van der Waals surface area contributed by atoms with Crippen LogP contribution < -0.4 is 0 Å². The van der Waals surface area contributed by atoms with Crippen molar-refractivity contribution < 1.29 is 13.2 Å². The topological polar surface area (TPSA) is 0 Å². The van der Waals surface area contributed by atoms with Crippen molar-refractivity contribution in [2.24, 2.45) is 0 Å². The predicted molar refractivity (Wildman–Crippen MR) is 66.1 cm³/mol. The fourth-order valence-electron chi connectivity index (χ4n) is 1.44. The minimum atomic E-state index is -4.23. The molecular formula is C14H21F3. The van der Waals surface area contributed by atoms with Gasteiger partial charge in [-0.2, -0.15) is 13.2 Å². The van der Waals surface area contributed by atoms with Gasteiger partial charge in [0.2, 0.25) is 0 Å². The molecule has 98 valence electrons. The Labute approximate surface area is 102 Å². The monoisotopic (exact) mass is 246 g/mol. The molecule has 0 fully saturated rings. The van der Waals surface area contributed by atoms with E-state index < -0.39 is 11.7 Å². The molecule has 0 N–H and O–H groups in total. The third-order valence-electron chi connectivity index (χ3n) is 2.09. The normalized spacial score (nSPS) is 10.8. The summed E-state index contributed by atoms with van der Waals surface area (Å²) in [7, 11) is 0. The molecule has 0 aliphatic heterocycles. The zero-order chi connectivity index (χ0) is 13.5. The summed E-state index contributed by atoms with van der Waals surface area (Å²) in [6.45, 7) is 7.80. The van der Waals surface area contributed by atoms with Gasteiger partial charge in [0.05, 0.1) is 5.56 Å². The number of hydrogen-bond donors (Lipinski definition) is 0. The molecule has 0 nitrogen and oxygen atoms in total. The van der Waals surface area contributed by atoms with Gasteiger partial charge >= 0.3 is 6.18 Å². The smallest absolute Gasteiger partial charge is 0.166 e. The summed E-state index contributed by atoms with van der Waals surface area (Å²) in [5, 5.41) is 0. The lowest BCUT2D eigenvalue weighted by Gasteiger charge is -2.12. The van der Waals surface area contributed by atoms with Crippen LogP contribution in [0.15, 0.2) is 18.2 Å². The van der Waals surface area contributed by atoms with Gasteiger partial charge in [-0.3, -0.25) is 0 Å². The van der Waals surface area contributed by atoms with Crippen LogP contribution >= 0.6 is 0 Å². The Morgan fingerprint density at radius 2 is 1.59 bits per heavy atom. The minimum Gasteiger partial charge on any atom is -0.166 e. The summed E-state index contributed by atoms with van der Waals surface area (Å²) in [5.74, 6) is 0. The van der Waals surface area contributed by atoms with E-state index in [0.717, 1.165) is 6.42 Å². The van der Waals surface area contributed by atoms with Crippen molar-refractivity contribution in [3.8, 4) is 0 Å². The number of aryl methyl sites for hydroxylation is 2. The fourth-order valence-corrected chi connectivity index (χ4v) is 1.44. The second-order valence-electron chi connectivity index (χ2n) is 4.12. The zero-order valence-corrected chi connectivity index (χ0v) is 11.0. The number of rotatable bonds is 2. The second kappa shape index (κ2) is 7.36. The van der Waals surface area contributed by atoms with Crippen molar-refractivity contribution in [3.05, 3.63) is 34.9 Å². The lowest BCUT2D eigenvalue weighted by Crippen LogP contribution is -2.09. The van der Waals surface area contributed by atoms with Crippen molar-refractivity contribution in [3.63, 3.8) is 0 Å². The standard InChI is InChI=1S/C11H13F3.C3H8/c1-3-4-9-6-5-8(2)7-10(9)11(12,13)14;1-3-2/h5-7H,3-4H2,1-2H3;3H2,1-2H3. The molecule has 0 unspecified atom stereocenters. The summed E-state index contributed by atoms with van der Waals surface area (Å²) >= 11 is 0. The third kappa shape index (κ3) is 5.76. The highest BCUT2D eigenvalue weighted by Crippen LogP contribution is 2.33. The quantitative estimate of drug-likeness (QED) is 0.657. The molecule has 0 bridgehead atoms. The molecule has 0 spiro atoms. The summed E-state index contributed by atoms with van der Waals surface area (Å²) in [4.78, 5) is 0. The van der Waals surface area contributed by atoms with Crippen LogP contribution in [-0.2, 0) is 12.6 Å². The number of alkyl halides is 3. The van der Waals surface area contributed by atoms with E-state index in [2.05, 4.69) is 13.8 Å².